The molecular weight excluding hydrogens is 518 g/mol. The zero-order chi connectivity index (χ0) is 29.2. The van der Waals surface area contributed by atoms with Crippen LogP contribution in [0.15, 0.2) is 84.9 Å². The van der Waals surface area contributed by atoms with Gasteiger partial charge in [-0.2, -0.15) is 0 Å². The van der Waals surface area contributed by atoms with Crippen LogP contribution in [0.2, 0.25) is 0 Å². The van der Waals surface area contributed by atoms with Gasteiger partial charge < -0.3 is 27.2 Å². The molecule has 4 atom stereocenters. The van der Waals surface area contributed by atoms with E-state index in [1.165, 1.54) is 0 Å². The highest BCUT2D eigenvalue weighted by molar-refractivity contribution is 5.93. The predicted molar refractivity (Wildman–Crippen MR) is 158 cm³/mol. The molecule has 7 N–H and O–H groups in total. The second-order valence-corrected chi connectivity index (χ2v) is 10.7. The number of hydrogen-bond donors (Lipinski definition) is 5. The van der Waals surface area contributed by atoms with Crippen LogP contribution in [0.4, 0.5) is 0 Å². The van der Waals surface area contributed by atoms with E-state index in [4.69, 9.17) is 11.5 Å². The predicted octanol–water partition coefficient (Wildman–Crippen LogP) is 1.67. The van der Waals surface area contributed by atoms with Crippen LogP contribution >= 0.6 is 0 Å². The molecule has 0 aromatic heterocycles. The van der Waals surface area contributed by atoms with Gasteiger partial charge in [-0.05, 0) is 54.6 Å². The van der Waals surface area contributed by atoms with Crippen LogP contribution in [0, 0.1) is 0 Å². The Balaban J connectivity index is 1.43. The SMILES string of the molecule is NC(=O)[C@H](Cc1ccccc1)NC(=O)[C@H](Cc1ccccc1)NC(=O)[C@@H]1CCCN1C[C@@H](N)Cc1ccc(O)cc1. The van der Waals surface area contributed by atoms with Gasteiger partial charge in [0.25, 0.3) is 0 Å². The van der Waals surface area contributed by atoms with Gasteiger partial charge in [0.05, 0.1) is 6.04 Å². The number of nitrogens with one attached hydrogen (secondary N) is 2. The monoisotopic (exact) mass is 557 g/mol. The Hall–Kier alpha value is -4.21. The lowest BCUT2D eigenvalue weighted by Gasteiger charge is -2.29. The lowest BCUT2D eigenvalue weighted by molar-refractivity contribution is -0.133. The maximum atomic E-state index is 13.6. The van der Waals surface area contributed by atoms with Crippen molar-refractivity contribution < 1.29 is 19.5 Å². The first-order valence-electron chi connectivity index (χ1n) is 14.0. The van der Waals surface area contributed by atoms with E-state index in [0.717, 1.165) is 29.7 Å². The van der Waals surface area contributed by atoms with E-state index in [2.05, 4.69) is 15.5 Å². The number of carbonyl (C=O) groups is 3. The summed E-state index contributed by atoms with van der Waals surface area (Å²) in [6.07, 6.45) is 2.64. The third kappa shape index (κ3) is 8.89. The Labute approximate surface area is 240 Å². The zero-order valence-corrected chi connectivity index (χ0v) is 23.1. The van der Waals surface area contributed by atoms with Crippen molar-refractivity contribution in [2.45, 2.75) is 56.3 Å². The van der Waals surface area contributed by atoms with E-state index >= 15 is 0 Å². The van der Waals surface area contributed by atoms with Crippen LogP contribution < -0.4 is 22.1 Å². The van der Waals surface area contributed by atoms with Gasteiger partial charge in [-0.15, -0.1) is 0 Å². The van der Waals surface area contributed by atoms with Gasteiger partial charge in [0, 0.05) is 25.4 Å². The molecular formula is C32H39N5O4. The molecule has 9 nitrogen and oxygen atoms in total. The smallest absolute Gasteiger partial charge is 0.243 e. The van der Waals surface area contributed by atoms with Crippen LogP contribution in [-0.4, -0.2) is 65.0 Å². The van der Waals surface area contributed by atoms with Crippen LogP contribution in [0.1, 0.15) is 29.5 Å². The van der Waals surface area contributed by atoms with E-state index in [1.54, 1.807) is 12.1 Å². The Bertz CT molecular complexity index is 1290. The lowest BCUT2D eigenvalue weighted by atomic mass is 10.0. The van der Waals surface area contributed by atoms with Gasteiger partial charge in [-0.3, -0.25) is 19.3 Å². The molecule has 1 fully saturated rings. The third-order valence-corrected chi connectivity index (χ3v) is 7.43. The number of nitrogens with zero attached hydrogens (tertiary/aromatic N) is 1. The van der Waals surface area contributed by atoms with Gasteiger partial charge in [-0.25, -0.2) is 0 Å². The highest BCUT2D eigenvalue weighted by atomic mass is 16.3. The van der Waals surface area contributed by atoms with E-state index in [0.29, 0.717) is 19.4 Å². The number of nitrogens with two attached hydrogens (primary N) is 2. The Morgan fingerprint density at radius 1 is 0.805 bits per heavy atom. The van der Waals surface area contributed by atoms with Gasteiger partial charge in [0.1, 0.15) is 17.8 Å². The van der Waals surface area contributed by atoms with Crippen LogP contribution in [0.5, 0.6) is 5.75 Å². The fraction of sp³-hybridized carbons (Fsp3) is 0.344. The summed E-state index contributed by atoms with van der Waals surface area (Å²) in [5.74, 6) is -1.14. The van der Waals surface area contributed by atoms with Crippen molar-refractivity contribution in [1.29, 1.82) is 0 Å². The maximum Gasteiger partial charge on any atom is 0.243 e. The highest BCUT2D eigenvalue weighted by Crippen LogP contribution is 2.19. The minimum atomic E-state index is -0.916. The molecule has 0 radical (unpaired) electrons. The molecule has 0 bridgehead atoms. The molecule has 0 unspecified atom stereocenters. The molecule has 3 aromatic rings. The van der Waals surface area contributed by atoms with Crippen LogP contribution in [-0.2, 0) is 33.6 Å². The molecule has 0 aliphatic carbocycles. The molecule has 4 rings (SSSR count). The highest BCUT2D eigenvalue weighted by Gasteiger charge is 2.34. The number of phenolic OH excluding ortho intramolecular Hbond substituents is 1. The number of carbonyl (C=O) groups excluding carboxylic acids is 3. The second kappa shape index (κ2) is 14.4. The molecule has 1 aliphatic heterocycles. The van der Waals surface area contributed by atoms with Crippen molar-refractivity contribution in [3.05, 3.63) is 102 Å². The number of aromatic hydroxyl groups is 1. The summed E-state index contributed by atoms with van der Waals surface area (Å²) in [6.45, 7) is 1.26. The van der Waals surface area contributed by atoms with Gasteiger partial charge in [-0.1, -0.05) is 72.8 Å². The minimum absolute atomic E-state index is 0.203. The van der Waals surface area contributed by atoms with Crippen molar-refractivity contribution in [3.8, 4) is 5.75 Å². The lowest BCUT2D eigenvalue weighted by Crippen LogP contribution is -2.57. The number of likely N-dealkylation sites (tertiary alicyclic amines) is 1. The van der Waals surface area contributed by atoms with Crippen molar-refractivity contribution >= 4 is 17.7 Å². The number of amides is 3. The molecule has 41 heavy (non-hydrogen) atoms. The quantitative estimate of drug-likeness (QED) is 0.216. The van der Waals surface area contributed by atoms with Crippen molar-refractivity contribution in [1.82, 2.24) is 15.5 Å². The van der Waals surface area contributed by atoms with E-state index in [-0.39, 0.29) is 30.5 Å². The van der Waals surface area contributed by atoms with Crippen LogP contribution in [0.3, 0.4) is 0 Å². The maximum absolute atomic E-state index is 13.6. The Kier molecular flexibility index (Phi) is 10.5. The number of phenols is 1. The van der Waals surface area contributed by atoms with Crippen molar-refractivity contribution in [3.63, 3.8) is 0 Å². The molecule has 1 saturated heterocycles. The molecule has 216 valence electrons. The minimum Gasteiger partial charge on any atom is -0.508 e. The average Bonchev–Trinajstić information content (AvgIpc) is 3.42. The fourth-order valence-corrected chi connectivity index (χ4v) is 5.31. The standard InChI is InChI=1S/C32H39N5O4/c33-25(18-24-13-15-26(38)16-14-24)21-37-17-7-12-29(37)32(41)36-28(20-23-10-5-2-6-11-23)31(40)35-27(30(34)39)19-22-8-3-1-4-9-22/h1-6,8-11,13-16,25,27-29,38H,7,12,17-21,33H2,(H2,34,39)(H,35,40)(H,36,41)/t25-,27-,28-,29-/m0/s1. The number of primary amides is 1. The summed E-state index contributed by atoms with van der Waals surface area (Å²) in [5.41, 5.74) is 14.8. The van der Waals surface area contributed by atoms with Crippen molar-refractivity contribution in [2.24, 2.45) is 11.5 Å². The largest absolute Gasteiger partial charge is 0.508 e. The average molecular weight is 558 g/mol. The second-order valence-electron chi connectivity index (χ2n) is 10.7. The molecule has 3 amide bonds. The molecule has 1 heterocycles. The molecule has 1 aliphatic rings. The number of rotatable bonds is 13. The first-order chi connectivity index (χ1) is 19.8. The summed E-state index contributed by atoms with van der Waals surface area (Å²) in [5, 5.41) is 15.3. The van der Waals surface area contributed by atoms with Crippen LogP contribution in [0.25, 0.3) is 0 Å². The normalized spacial score (nSPS) is 17.3. The molecule has 0 saturated carbocycles. The van der Waals surface area contributed by atoms with Gasteiger partial charge in [0.15, 0.2) is 0 Å². The van der Waals surface area contributed by atoms with Gasteiger partial charge >= 0.3 is 0 Å². The Morgan fingerprint density at radius 2 is 1.37 bits per heavy atom. The third-order valence-electron chi connectivity index (χ3n) is 7.43. The number of benzene rings is 3. The molecule has 3 aromatic carbocycles. The molecule has 0 spiro atoms. The summed E-state index contributed by atoms with van der Waals surface area (Å²) < 4.78 is 0. The van der Waals surface area contributed by atoms with Gasteiger partial charge in [0.2, 0.25) is 17.7 Å². The summed E-state index contributed by atoms with van der Waals surface area (Å²) in [7, 11) is 0. The topological polar surface area (TPSA) is 151 Å². The van der Waals surface area contributed by atoms with E-state index < -0.39 is 29.9 Å². The fourth-order valence-electron chi connectivity index (χ4n) is 5.31. The van der Waals surface area contributed by atoms with E-state index in [9.17, 15) is 19.5 Å². The summed E-state index contributed by atoms with van der Waals surface area (Å²) in [4.78, 5) is 41.4. The zero-order valence-electron chi connectivity index (χ0n) is 23.1. The molecule has 9 heteroatoms. The number of hydrogen-bond acceptors (Lipinski definition) is 6. The Morgan fingerprint density at radius 3 is 1.95 bits per heavy atom. The first kappa shape index (κ1) is 29.8. The van der Waals surface area contributed by atoms with E-state index in [1.807, 2.05) is 72.8 Å². The van der Waals surface area contributed by atoms with Crippen molar-refractivity contribution in [2.75, 3.05) is 13.1 Å². The summed E-state index contributed by atoms with van der Waals surface area (Å²) >= 11 is 0. The summed E-state index contributed by atoms with van der Waals surface area (Å²) in [6, 6.07) is 23.3. The first-order valence-corrected chi connectivity index (χ1v) is 14.0.